The molecule has 0 bridgehead atoms. The highest BCUT2D eigenvalue weighted by atomic mass is 19.1. The number of amides is 1. The van der Waals surface area contributed by atoms with Crippen molar-refractivity contribution in [3.8, 4) is 17.2 Å². The second-order valence-corrected chi connectivity index (χ2v) is 5.72. The molecule has 2 aromatic rings. The molecule has 2 aromatic carbocycles. The largest absolute Gasteiger partial charge is 0.493 e. The van der Waals surface area contributed by atoms with E-state index in [-0.39, 0.29) is 18.3 Å². The Morgan fingerprint density at radius 1 is 1.11 bits per heavy atom. The number of nitrogens with zero attached hydrogens (tertiary/aromatic N) is 1. The van der Waals surface area contributed by atoms with Gasteiger partial charge in [-0.2, -0.15) is 0 Å². The van der Waals surface area contributed by atoms with Crippen LogP contribution in [0.15, 0.2) is 48.5 Å². The number of halogens is 1. The standard InChI is InChI=1S/C21H24FNO4/c1-4-26-19-11-9-16(15-20(19)25-3)10-12-21(24)23(2)13-14-27-18-8-6-5-7-17(18)22/h5-12,15H,4,13-14H2,1-3H3/b12-10+. The number of methoxy groups -OCH3 is 1. The maximum Gasteiger partial charge on any atom is 0.246 e. The summed E-state index contributed by atoms with van der Waals surface area (Å²) >= 11 is 0. The van der Waals surface area contributed by atoms with Crippen LogP contribution in [0.4, 0.5) is 4.39 Å². The molecule has 0 aromatic heterocycles. The first-order chi connectivity index (χ1) is 13.0. The molecule has 144 valence electrons. The lowest BCUT2D eigenvalue weighted by Gasteiger charge is -2.16. The predicted octanol–water partition coefficient (Wildman–Crippen LogP) is 3.78. The average molecular weight is 373 g/mol. The zero-order valence-corrected chi connectivity index (χ0v) is 15.8. The number of ether oxygens (including phenoxy) is 3. The van der Waals surface area contributed by atoms with Crippen molar-refractivity contribution < 1.29 is 23.4 Å². The lowest BCUT2D eigenvalue weighted by molar-refractivity contribution is -0.125. The Labute approximate surface area is 159 Å². The van der Waals surface area contributed by atoms with Crippen LogP contribution in [0.2, 0.25) is 0 Å². The summed E-state index contributed by atoms with van der Waals surface area (Å²) in [5.74, 6) is 0.843. The molecule has 0 saturated carbocycles. The maximum absolute atomic E-state index is 13.5. The van der Waals surface area contributed by atoms with E-state index in [1.165, 1.54) is 17.0 Å². The van der Waals surface area contributed by atoms with Crippen LogP contribution in [0.3, 0.4) is 0 Å². The highest BCUT2D eigenvalue weighted by Crippen LogP contribution is 2.28. The van der Waals surface area contributed by atoms with Crippen molar-refractivity contribution in [1.29, 1.82) is 0 Å². The Balaban J connectivity index is 1.89. The summed E-state index contributed by atoms with van der Waals surface area (Å²) in [5, 5.41) is 0. The molecule has 0 aliphatic carbocycles. The minimum absolute atomic E-state index is 0.176. The smallest absolute Gasteiger partial charge is 0.246 e. The van der Waals surface area contributed by atoms with Gasteiger partial charge in [0.2, 0.25) is 5.91 Å². The molecule has 27 heavy (non-hydrogen) atoms. The number of rotatable bonds is 9. The first kappa shape index (κ1) is 20.3. The van der Waals surface area contributed by atoms with Crippen LogP contribution in [-0.4, -0.2) is 44.7 Å². The first-order valence-corrected chi connectivity index (χ1v) is 8.66. The van der Waals surface area contributed by atoms with Crippen LogP contribution in [0, 0.1) is 5.82 Å². The molecule has 2 rings (SSSR count). The van der Waals surface area contributed by atoms with E-state index in [0.717, 1.165) is 5.56 Å². The Morgan fingerprint density at radius 3 is 2.59 bits per heavy atom. The van der Waals surface area contributed by atoms with Gasteiger partial charge < -0.3 is 19.1 Å². The molecule has 1 amide bonds. The Bertz CT molecular complexity index is 792. The van der Waals surface area contributed by atoms with Gasteiger partial charge in [0.25, 0.3) is 0 Å². The quantitative estimate of drug-likeness (QED) is 0.628. The second-order valence-electron chi connectivity index (χ2n) is 5.72. The fourth-order valence-corrected chi connectivity index (χ4v) is 2.32. The average Bonchev–Trinajstić information content (AvgIpc) is 2.68. The number of carbonyl (C=O) groups excluding carboxylic acids is 1. The van der Waals surface area contributed by atoms with Gasteiger partial charge in [-0.05, 0) is 42.8 Å². The van der Waals surface area contributed by atoms with E-state index in [4.69, 9.17) is 14.2 Å². The summed E-state index contributed by atoms with van der Waals surface area (Å²) < 4.78 is 29.6. The Morgan fingerprint density at radius 2 is 1.89 bits per heavy atom. The molecule has 0 saturated heterocycles. The molecule has 0 N–H and O–H groups in total. The molecule has 0 unspecified atom stereocenters. The fourth-order valence-electron chi connectivity index (χ4n) is 2.32. The zero-order valence-electron chi connectivity index (χ0n) is 15.8. The molecule has 0 radical (unpaired) electrons. The van der Waals surface area contributed by atoms with Crippen LogP contribution in [0.5, 0.6) is 17.2 Å². The molecule has 0 spiro atoms. The van der Waals surface area contributed by atoms with Crippen molar-refractivity contribution in [1.82, 2.24) is 4.90 Å². The van der Waals surface area contributed by atoms with Gasteiger partial charge >= 0.3 is 0 Å². The van der Waals surface area contributed by atoms with Gasteiger partial charge in [0.15, 0.2) is 23.1 Å². The summed E-state index contributed by atoms with van der Waals surface area (Å²) in [6.07, 6.45) is 3.17. The number of hydrogen-bond donors (Lipinski definition) is 0. The van der Waals surface area contributed by atoms with Crippen LogP contribution in [0.25, 0.3) is 6.08 Å². The van der Waals surface area contributed by atoms with Gasteiger partial charge in [0.05, 0.1) is 20.3 Å². The molecular formula is C21H24FNO4. The second kappa shape index (κ2) is 10.2. The number of likely N-dealkylation sites (N-methyl/N-ethyl adjacent to an activating group) is 1. The number of hydrogen-bond acceptors (Lipinski definition) is 4. The van der Waals surface area contributed by atoms with Gasteiger partial charge in [-0.25, -0.2) is 4.39 Å². The summed E-state index contributed by atoms with van der Waals surface area (Å²) in [7, 11) is 3.23. The van der Waals surface area contributed by atoms with E-state index in [1.54, 1.807) is 50.6 Å². The van der Waals surface area contributed by atoms with E-state index in [1.807, 2.05) is 13.0 Å². The Hall–Kier alpha value is -3.02. The van der Waals surface area contributed by atoms with E-state index >= 15 is 0 Å². The molecular weight excluding hydrogens is 349 g/mol. The van der Waals surface area contributed by atoms with Crippen LogP contribution >= 0.6 is 0 Å². The number of benzene rings is 2. The van der Waals surface area contributed by atoms with Gasteiger partial charge in [-0.1, -0.05) is 18.2 Å². The molecule has 0 aliphatic heterocycles. The van der Waals surface area contributed by atoms with Gasteiger partial charge in [-0.15, -0.1) is 0 Å². The fraction of sp³-hybridized carbons (Fsp3) is 0.286. The van der Waals surface area contributed by atoms with Crippen molar-refractivity contribution >= 4 is 12.0 Å². The van der Waals surface area contributed by atoms with Crippen LogP contribution in [-0.2, 0) is 4.79 Å². The van der Waals surface area contributed by atoms with E-state index in [9.17, 15) is 9.18 Å². The van der Waals surface area contributed by atoms with Crippen molar-refractivity contribution in [2.75, 3.05) is 33.9 Å². The maximum atomic E-state index is 13.5. The molecule has 0 atom stereocenters. The first-order valence-electron chi connectivity index (χ1n) is 8.66. The van der Waals surface area contributed by atoms with E-state index in [2.05, 4.69) is 0 Å². The normalized spacial score (nSPS) is 10.7. The summed E-state index contributed by atoms with van der Waals surface area (Å²) in [6.45, 7) is 2.99. The SMILES string of the molecule is CCOc1ccc(/C=C/C(=O)N(C)CCOc2ccccc2F)cc1OC. The predicted molar refractivity (Wildman–Crippen MR) is 103 cm³/mol. The van der Waals surface area contributed by atoms with Gasteiger partial charge in [0.1, 0.15) is 6.61 Å². The van der Waals surface area contributed by atoms with Crippen LogP contribution in [0.1, 0.15) is 12.5 Å². The molecule has 5 nitrogen and oxygen atoms in total. The third kappa shape index (κ3) is 6.02. The molecule has 6 heteroatoms. The van der Waals surface area contributed by atoms with Gasteiger partial charge in [0, 0.05) is 13.1 Å². The minimum Gasteiger partial charge on any atom is -0.493 e. The minimum atomic E-state index is -0.421. The topological polar surface area (TPSA) is 48.0 Å². The van der Waals surface area contributed by atoms with Crippen molar-refractivity contribution in [3.63, 3.8) is 0 Å². The molecule has 0 fully saturated rings. The van der Waals surface area contributed by atoms with Crippen molar-refractivity contribution in [2.45, 2.75) is 6.92 Å². The van der Waals surface area contributed by atoms with E-state index < -0.39 is 5.82 Å². The number of carbonyl (C=O) groups is 1. The third-order valence-electron chi connectivity index (χ3n) is 3.80. The van der Waals surface area contributed by atoms with Crippen LogP contribution < -0.4 is 14.2 Å². The summed E-state index contributed by atoms with van der Waals surface area (Å²) in [5.41, 5.74) is 0.819. The number of para-hydroxylation sites is 1. The molecule has 0 heterocycles. The summed E-state index contributed by atoms with van der Waals surface area (Å²) in [6, 6.07) is 11.6. The molecule has 0 aliphatic rings. The zero-order chi connectivity index (χ0) is 19.6. The van der Waals surface area contributed by atoms with Crippen molar-refractivity contribution in [3.05, 3.63) is 59.9 Å². The van der Waals surface area contributed by atoms with Crippen molar-refractivity contribution in [2.24, 2.45) is 0 Å². The lowest BCUT2D eigenvalue weighted by Crippen LogP contribution is -2.29. The monoisotopic (exact) mass is 373 g/mol. The summed E-state index contributed by atoms with van der Waals surface area (Å²) in [4.78, 5) is 13.7. The highest BCUT2D eigenvalue weighted by molar-refractivity contribution is 5.91. The Kier molecular flexibility index (Phi) is 7.67. The van der Waals surface area contributed by atoms with E-state index in [0.29, 0.717) is 24.7 Å². The highest BCUT2D eigenvalue weighted by Gasteiger charge is 2.08. The third-order valence-corrected chi connectivity index (χ3v) is 3.80. The van der Waals surface area contributed by atoms with Gasteiger partial charge in [-0.3, -0.25) is 4.79 Å². The lowest BCUT2D eigenvalue weighted by atomic mass is 10.2.